The zero-order valence-electron chi connectivity index (χ0n) is 18.8. The summed E-state index contributed by atoms with van der Waals surface area (Å²) in [4.78, 5) is 14.9. The molecule has 5 rings (SSSR count). The van der Waals surface area contributed by atoms with Crippen LogP contribution in [0.4, 0.5) is 0 Å². The Kier molecular flexibility index (Phi) is 4.99. The van der Waals surface area contributed by atoms with E-state index in [1.165, 1.54) is 9.58 Å². The van der Waals surface area contributed by atoms with Crippen molar-refractivity contribution in [3.8, 4) is 11.8 Å². The molecule has 2 aliphatic rings. The van der Waals surface area contributed by atoms with Crippen molar-refractivity contribution in [1.82, 2.24) is 14.7 Å². The molecule has 1 amide bonds. The van der Waals surface area contributed by atoms with Gasteiger partial charge in [0.1, 0.15) is 11.8 Å². The van der Waals surface area contributed by atoms with Crippen LogP contribution in [0, 0.1) is 17.2 Å². The number of halogens is 1. The van der Waals surface area contributed by atoms with Gasteiger partial charge in [0.05, 0.1) is 17.6 Å². The van der Waals surface area contributed by atoms with E-state index in [1.807, 2.05) is 30.3 Å². The summed E-state index contributed by atoms with van der Waals surface area (Å²) in [5.74, 6) is -2.05. The molecule has 1 unspecified atom stereocenters. The molecule has 34 heavy (non-hydrogen) atoms. The van der Waals surface area contributed by atoms with Crippen molar-refractivity contribution < 1.29 is 19.7 Å². The second-order valence-corrected chi connectivity index (χ2v) is 9.34. The predicted octanol–water partition coefficient (Wildman–Crippen LogP) is 2.28. The van der Waals surface area contributed by atoms with Gasteiger partial charge in [0.2, 0.25) is 5.91 Å². The van der Waals surface area contributed by atoms with Crippen LogP contribution >= 0.6 is 11.6 Å². The molecule has 2 N–H and O–H groups in total. The summed E-state index contributed by atoms with van der Waals surface area (Å²) >= 11 is 6.48. The minimum Gasteiger partial charge on any atom is -0.473 e. The van der Waals surface area contributed by atoms with Crippen LogP contribution in [0.1, 0.15) is 28.3 Å². The lowest BCUT2D eigenvalue weighted by Crippen LogP contribution is -2.52. The number of amides is 1. The van der Waals surface area contributed by atoms with Gasteiger partial charge in [0.25, 0.3) is 0 Å². The van der Waals surface area contributed by atoms with Gasteiger partial charge in [-0.2, -0.15) is 10.4 Å². The van der Waals surface area contributed by atoms with E-state index < -0.39 is 29.1 Å². The molecule has 0 saturated heterocycles. The van der Waals surface area contributed by atoms with E-state index in [0.717, 1.165) is 0 Å². The van der Waals surface area contributed by atoms with E-state index in [9.17, 15) is 20.3 Å². The first-order valence-corrected chi connectivity index (χ1v) is 11.2. The minimum absolute atomic E-state index is 0.0758. The average molecular weight is 479 g/mol. The van der Waals surface area contributed by atoms with Gasteiger partial charge in [-0.15, -0.1) is 0 Å². The first-order valence-electron chi connectivity index (χ1n) is 10.8. The number of rotatable bonds is 3. The summed E-state index contributed by atoms with van der Waals surface area (Å²) in [5, 5.41) is 38.0. The molecule has 1 saturated carbocycles. The third kappa shape index (κ3) is 2.66. The number of benzene rings is 2. The number of aromatic nitrogens is 2. The number of aryl methyl sites for hydroxylation is 1. The zero-order chi connectivity index (χ0) is 24.4. The van der Waals surface area contributed by atoms with Gasteiger partial charge in [-0.1, -0.05) is 54.1 Å². The van der Waals surface area contributed by atoms with Gasteiger partial charge in [-0.3, -0.25) is 9.48 Å². The highest BCUT2D eigenvalue weighted by Gasteiger charge is 2.79. The Morgan fingerprint density at radius 2 is 1.85 bits per heavy atom. The highest BCUT2D eigenvalue weighted by Crippen LogP contribution is 2.69. The van der Waals surface area contributed by atoms with Crippen molar-refractivity contribution in [2.75, 3.05) is 14.1 Å². The topological polar surface area (TPSA) is 112 Å². The van der Waals surface area contributed by atoms with Crippen LogP contribution in [0.15, 0.2) is 54.6 Å². The monoisotopic (exact) mass is 478 g/mol. The second-order valence-electron chi connectivity index (χ2n) is 8.98. The highest BCUT2D eigenvalue weighted by atomic mass is 35.5. The Balaban J connectivity index is 1.87. The fourth-order valence-corrected chi connectivity index (χ4v) is 5.69. The van der Waals surface area contributed by atoms with Crippen LogP contribution < -0.4 is 4.74 Å². The van der Waals surface area contributed by atoms with Crippen LogP contribution in [0.5, 0.6) is 5.75 Å². The van der Waals surface area contributed by atoms with Gasteiger partial charge in [-0.25, -0.2) is 0 Å². The van der Waals surface area contributed by atoms with Crippen molar-refractivity contribution in [3.05, 3.63) is 82.1 Å². The van der Waals surface area contributed by atoms with E-state index in [0.29, 0.717) is 16.7 Å². The number of nitrogens with zero attached hydrogens (tertiary/aromatic N) is 4. The molecular formula is C25H23ClN4O4. The fourth-order valence-electron chi connectivity index (χ4n) is 5.52. The first kappa shape index (κ1) is 22.4. The van der Waals surface area contributed by atoms with Crippen molar-refractivity contribution in [3.63, 3.8) is 0 Å². The number of hydrogen-bond donors (Lipinski definition) is 2. The standard InChI is InChI=1S/C25H23ClN4O4/c1-29(2)23(32)17-18(15-7-5-4-6-8-15)25(16-11-9-14(13-27)10-12-16)24(33,21(17)31)20-19(34-25)22(26)30(3)28-20/h4-12,17-18,21,31,33H,1-3H3/t17-,18-,21-,24?,25+/m1/s1. The van der Waals surface area contributed by atoms with Crippen LogP contribution in [-0.4, -0.2) is 51.0 Å². The van der Waals surface area contributed by atoms with Gasteiger partial charge in [0.15, 0.2) is 22.1 Å². The maximum absolute atomic E-state index is 13.5. The van der Waals surface area contributed by atoms with Gasteiger partial charge >= 0.3 is 0 Å². The SMILES string of the molecule is CN(C)C(=O)[C@H]1[C@@H](O)C2(O)c3nn(C)c(Cl)c3O[C@@]2(c2ccc(C#N)cc2)[C@@H]1c1ccccc1. The summed E-state index contributed by atoms with van der Waals surface area (Å²) in [6, 6.07) is 17.8. The third-order valence-electron chi connectivity index (χ3n) is 7.02. The molecule has 174 valence electrons. The quantitative estimate of drug-likeness (QED) is 0.597. The summed E-state index contributed by atoms with van der Waals surface area (Å²) in [7, 11) is 4.82. The Morgan fingerprint density at radius 1 is 1.21 bits per heavy atom. The van der Waals surface area contributed by atoms with E-state index >= 15 is 0 Å². The molecule has 0 spiro atoms. The predicted molar refractivity (Wildman–Crippen MR) is 123 cm³/mol. The molecule has 0 radical (unpaired) electrons. The molecule has 1 aromatic heterocycles. The second kappa shape index (κ2) is 7.57. The van der Waals surface area contributed by atoms with Crippen LogP contribution in [0.25, 0.3) is 0 Å². The van der Waals surface area contributed by atoms with Crippen molar-refractivity contribution in [2.45, 2.75) is 23.2 Å². The number of nitriles is 1. The summed E-state index contributed by atoms with van der Waals surface area (Å²) in [5.41, 5.74) is -2.04. The van der Waals surface area contributed by atoms with E-state index in [4.69, 9.17) is 16.3 Å². The highest BCUT2D eigenvalue weighted by molar-refractivity contribution is 6.31. The molecule has 0 bridgehead atoms. The minimum atomic E-state index is -2.10. The van der Waals surface area contributed by atoms with Crippen LogP contribution in [0.3, 0.4) is 0 Å². The van der Waals surface area contributed by atoms with Crippen LogP contribution in [-0.2, 0) is 23.0 Å². The first-order chi connectivity index (χ1) is 16.2. The summed E-state index contributed by atoms with van der Waals surface area (Å²) in [6.45, 7) is 0. The number of hydrogen-bond acceptors (Lipinski definition) is 6. The van der Waals surface area contributed by atoms with Gasteiger partial charge < -0.3 is 19.8 Å². The molecule has 2 heterocycles. The maximum Gasteiger partial charge on any atom is 0.228 e. The maximum atomic E-state index is 13.5. The molecule has 5 atom stereocenters. The van der Waals surface area contributed by atoms with E-state index in [1.54, 1.807) is 45.4 Å². The summed E-state index contributed by atoms with van der Waals surface area (Å²) in [6.07, 6.45) is -1.56. The van der Waals surface area contributed by atoms with E-state index in [-0.39, 0.29) is 22.5 Å². The average Bonchev–Trinajstić information content (AvgIpc) is 3.35. The molecule has 2 aromatic carbocycles. The van der Waals surface area contributed by atoms with Crippen molar-refractivity contribution in [1.29, 1.82) is 5.26 Å². The molecule has 1 aliphatic heterocycles. The van der Waals surface area contributed by atoms with Crippen molar-refractivity contribution in [2.24, 2.45) is 13.0 Å². The third-order valence-corrected chi connectivity index (χ3v) is 7.44. The Morgan fingerprint density at radius 3 is 2.44 bits per heavy atom. The van der Waals surface area contributed by atoms with Gasteiger partial charge in [0, 0.05) is 27.1 Å². The largest absolute Gasteiger partial charge is 0.473 e. The normalized spacial score (nSPS) is 29.1. The smallest absolute Gasteiger partial charge is 0.228 e. The Labute approximate surface area is 201 Å². The molecular weight excluding hydrogens is 456 g/mol. The Bertz CT molecular complexity index is 1320. The molecule has 1 aliphatic carbocycles. The number of aliphatic hydroxyl groups is 2. The number of carbonyl (C=O) groups is 1. The lowest BCUT2D eigenvalue weighted by atomic mass is 9.71. The van der Waals surface area contributed by atoms with Gasteiger partial charge in [-0.05, 0) is 23.3 Å². The van der Waals surface area contributed by atoms with E-state index in [2.05, 4.69) is 11.2 Å². The molecule has 8 nitrogen and oxygen atoms in total. The fraction of sp³-hybridized carbons (Fsp3) is 0.320. The lowest BCUT2D eigenvalue weighted by Gasteiger charge is -2.40. The molecule has 1 fully saturated rings. The summed E-state index contributed by atoms with van der Waals surface area (Å²) < 4.78 is 7.91. The van der Waals surface area contributed by atoms with Crippen LogP contribution in [0.2, 0.25) is 5.15 Å². The number of ether oxygens (including phenoxy) is 1. The number of fused-ring (bicyclic) bond motifs is 3. The molecule has 3 aromatic rings. The number of carbonyl (C=O) groups excluding carboxylic acids is 1. The Hall–Kier alpha value is -3.38. The molecule has 9 heteroatoms. The number of aliphatic hydroxyl groups excluding tert-OH is 1. The lowest BCUT2D eigenvalue weighted by molar-refractivity contribution is -0.158. The van der Waals surface area contributed by atoms with Crippen molar-refractivity contribution >= 4 is 17.5 Å². The zero-order valence-corrected chi connectivity index (χ0v) is 19.6.